The van der Waals surface area contributed by atoms with Crippen LogP contribution in [-0.4, -0.2) is 37.2 Å². The van der Waals surface area contributed by atoms with E-state index in [1.165, 1.54) is 51.4 Å². The van der Waals surface area contributed by atoms with E-state index >= 15 is 0 Å². The predicted molar refractivity (Wildman–Crippen MR) is 297 cm³/mol. The van der Waals surface area contributed by atoms with Gasteiger partial charge in [0, 0.05) is 19.3 Å². The minimum Gasteiger partial charge on any atom is -0.462 e. The summed E-state index contributed by atoms with van der Waals surface area (Å²) in [6.45, 7) is 6.36. The summed E-state index contributed by atoms with van der Waals surface area (Å²) in [5.41, 5.74) is 0. The molecule has 0 aromatic rings. The predicted octanol–water partition coefficient (Wildman–Crippen LogP) is 18.6. The lowest BCUT2D eigenvalue weighted by atomic mass is 10.1. The van der Waals surface area contributed by atoms with E-state index < -0.39 is 6.10 Å². The summed E-state index contributed by atoms with van der Waals surface area (Å²) in [6.07, 6.45) is 78.7. The van der Waals surface area contributed by atoms with Crippen molar-refractivity contribution in [3.05, 3.63) is 134 Å². The number of esters is 3. The Kier molecular flexibility index (Phi) is 52.5. The van der Waals surface area contributed by atoms with Crippen molar-refractivity contribution in [1.82, 2.24) is 0 Å². The molecule has 0 aliphatic heterocycles. The molecular formula is C63H100O6. The molecule has 0 aromatic heterocycles. The molecule has 1 atom stereocenters. The molecule has 0 unspecified atom stereocenters. The number of hydrogen-bond donors (Lipinski definition) is 0. The first-order valence-electron chi connectivity index (χ1n) is 27.7. The van der Waals surface area contributed by atoms with Gasteiger partial charge >= 0.3 is 17.9 Å². The van der Waals surface area contributed by atoms with Crippen LogP contribution in [0.25, 0.3) is 0 Å². The highest BCUT2D eigenvalue weighted by atomic mass is 16.6. The maximum Gasteiger partial charge on any atom is 0.306 e. The molecule has 0 heterocycles. The van der Waals surface area contributed by atoms with Gasteiger partial charge in [0.25, 0.3) is 0 Å². The molecule has 0 fully saturated rings. The van der Waals surface area contributed by atoms with Crippen LogP contribution in [0.1, 0.15) is 226 Å². The molecule has 0 rings (SSSR count). The summed E-state index contributed by atoms with van der Waals surface area (Å²) in [6, 6.07) is 0. The van der Waals surface area contributed by atoms with Gasteiger partial charge in [-0.3, -0.25) is 14.4 Å². The molecule has 0 saturated carbocycles. The Morgan fingerprint density at radius 3 is 0.971 bits per heavy atom. The summed E-state index contributed by atoms with van der Waals surface area (Å²) in [5.74, 6) is -1.05. The van der Waals surface area contributed by atoms with E-state index in [9.17, 15) is 14.4 Å². The van der Waals surface area contributed by atoms with Crippen molar-refractivity contribution in [2.45, 2.75) is 232 Å². The van der Waals surface area contributed by atoms with Gasteiger partial charge in [0.15, 0.2) is 6.10 Å². The molecule has 6 heteroatoms. The molecule has 0 saturated heterocycles. The number of unbranched alkanes of at least 4 members (excludes halogenated alkanes) is 15. The highest BCUT2D eigenvalue weighted by Crippen LogP contribution is 2.12. The van der Waals surface area contributed by atoms with Crippen LogP contribution in [0.3, 0.4) is 0 Å². The normalized spacial score (nSPS) is 13.1. The van der Waals surface area contributed by atoms with Crippen molar-refractivity contribution in [3.8, 4) is 0 Å². The molecule has 0 radical (unpaired) electrons. The van der Waals surface area contributed by atoms with Crippen molar-refractivity contribution in [3.63, 3.8) is 0 Å². The van der Waals surface area contributed by atoms with Crippen LogP contribution < -0.4 is 0 Å². The van der Waals surface area contributed by atoms with Crippen LogP contribution in [0.2, 0.25) is 0 Å². The summed E-state index contributed by atoms with van der Waals surface area (Å²) in [4.78, 5) is 38.1. The largest absolute Gasteiger partial charge is 0.462 e. The number of hydrogen-bond acceptors (Lipinski definition) is 6. The van der Waals surface area contributed by atoms with Crippen LogP contribution in [0, 0.1) is 0 Å². The van der Waals surface area contributed by atoms with Gasteiger partial charge in [-0.1, -0.05) is 212 Å². The van der Waals surface area contributed by atoms with Crippen molar-refractivity contribution >= 4 is 17.9 Å². The number of ether oxygens (including phenoxy) is 3. The number of rotatable bonds is 48. The molecule has 0 aliphatic carbocycles. The minimum absolute atomic E-state index is 0.124. The molecule has 6 nitrogen and oxygen atoms in total. The Hall–Kier alpha value is -4.45. The van der Waals surface area contributed by atoms with Crippen molar-refractivity contribution in [2.24, 2.45) is 0 Å². The third kappa shape index (κ3) is 54.4. The first-order chi connectivity index (χ1) is 34.0. The third-order valence-corrected chi connectivity index (χ3v) is 11.1. The minimum atomic E-state index is -0.832. The molecule has 0 aliphatic rings. The van der Waals surface area contributed by atoms with Gasteiger partial charge in [-0.25, -0.2) is 0 Å². The summed E-state index contributed by atoms with van der Waals surface area (Å²) < 4.78 is 16.7. The highest BCUT2D eigenvalue weighted by molar-refractivity contribution is 5.71. The number of carbonyl (C=O) groups excluding carboxylic acids is 3. The average molecular weight is 953 g/mol. The summed E-state index contributed by atoms with van der Waals surface area (Å²) >= 11 is 0. The Labute approximate surface area is 424 Å². The van der Waals surface area contributed by atoms with E-state index in [-0.39, 0.29) is 44.0 Å². The Balaban J connectivity index is 4.59. The average Bonchev–Trinajstić information content (AvgIpc) is 3.35. The maximum atomic E-state index is 12.8. The van der Waals surface area contributed by atoms with Crippen LogP contribution >= 0.6 is 0 Å². The van der Waals surface area contributed by atoms with Gasteiger partial charge in [-0.05, 0) is 128 Å². The van der Waals surface area contributed by atoms with Crippen molar-refractivity contribution in [1.29, 1.82) is 0 Å². The van der Waals surface area contributed by atoms with Gasteiger partial charge in [0.1, 0.15) is 13.2 Å². The zero-order valence-corrected chi connectivity index (χ0v) is 44.3. The van der Waals surface area contributed by atoms with Crippen LogP contribution in [0.5, 0.6) is 0 Å². The first kappa shape index (κ1) is 64.5. The fourth-order valence-electron chi connectivity index (χ4n) is 6.97. The smallest absolute Gasteiger partial charge is 0.306 e. The monoisotopic (exact) mass is 953 g/mol. The van der Waals surface area contributed by atoms with E-state index in [4.69, 9.17) is 14.2 Å². The van der Waals surface area contributed by atoms with E-state index in [1.807, 2.05) is 12.2 Å². The molecule has 0 N–H and O–H groups in total. The van der Waals surface area contributed by atoms with E-state index in [2.05, 4.69) is 142 Å². The fourth-order valence-corrected chi connectivity index (χ4v) is 6.97. The van der Waals surface area contributed by atoms with Crippen LogP contribution in [-0.2, 0) is 28.6 Å². The van der Waals surface area contributed by atoms with Crippen molar-refractivity contribution in [2.75, 3.05) is 13.2 Å². The zero-order chi connectivity index (χ0) is 50.0. The van der Waals surface area contributed by atoms with Gasteiger partial charge in [-0.2, -0.15) is 0 Å². The zero-order valence-electron chi connectivity index (χ0n) is 44.3. The van der Waals surface area contributed by atoms with Gasteiger partial charge in [0.2, 0.25) is 0 Å². The molecule has 388 valence electrons. The SMILES string of the molecule is CC/C=C\C/C=C\C/C=C\CCCCCCCC(=O)O[C@H](COC(=O)CC/C=C\C/C=C\C/C=C\C/C=C\C/C=C\CCCCC)COC(=O)CCCCCC/C=C\C/C=C\C/C=C\CCCCC. The van der Waals surface area contributed by atoms with E-state index in [0.717, 1.165) is 128 Å². The second-order valence-corrected chi connectivity index (χ2v) is 17.7. The molecule has 0 aromatic carbocycles. The lowest BCUT2D eigenvalue weighted by Crippen LogP contribution is -2.30. The molecule has 0 bridgehead atoms. The number of carbonyl (C=O) groups is 3. The topological polar surface area (TPSA) is 78.9 Å². The molecule has 0 amide bonds. The standard InChI is InChI=1S/C63H100O6/c1-4-7-10-13-16-19-22-25-28-30-31-33-36-38-41-44-47-50-53-56-62(65)68-59-60(69-63(66)57-54-51-48-45-42-39-34-27-24-21-18-15-12-9-6-3)58-67-61(64)55-52-49-46-43-40-37-35-32-29-26-23-20-17-14-11-8-5-2/h9,12,16-21,25-29,31,33-35,37-38,41,47,50,60H,4-8,10-11,13-15,22-24,30,32,36,39-40,42-46,48-49,51-59H2,1-3H3/b12-9-,19-16-,20-17-,21-18-,28-25-,29-26-,33-31-,34-27-,37-35-,41-38-,50-47-/t60-/m0/s1. The van der Waals surface area contributed by atoms with Gasteiger partial charge in [-0.15, -0.1) is 0 Å². The second-order valence-electron chi connectivity index (χ2n) is 17.7. The van der Waals surface area contributed by atoms with Gasteiger partial charge < -0.3 is 14.2 Å². The third-order valence-electron chi connectivity index (χ3n) is 11.1. The van der Waals surface area contributed by atoms with Crippen LogP contribution in [0.4, 0.5) is 0 Å². The van der Waals surface area contributed by atoms with E-state index in [0.29, 0.717) is 12.8 Å². The maximum absolute atomic E-state index is 12.8. The van der Waals surface area contributed by atoms with E-state index in [1.54, 1.807) is 0 Å². The Morgan fingerprint density at radius 1 is 0.304 bits per heavy atom. The highest BCUT2D eigenvalue weighted by Gasteiger charge is 2.19. The Bertz CT molecular complexity index is 1510. The molecular weight excluding hydrogens is 853 g/mol. The summed E-state index contributed by atoms with van der Waals surface area (Å²) in [5, 5.41) is 0. The quantitative estimate of drug-likeness (QED) is 0.0262. The fraction of sp³-hybridized carbons (Fsp3) is 0.603. The summed E-state index contributed by atoms with van der Waals surface area (Å²) in [7, 11) is 0. The first-order valence-corrected chi connectivity index (χ1v) is 27.7. The lowest BCUT2D eigenvalue weighted by Gasteiger charge is -2.18. The van der Waals surface area contributed by atoms with Crippen LogP contribution in [0.15, 0.2) is 134 Å². The second kappa shape index (κ2) is 56.1. The lowest BCUT2D eigenvalue weighted by molar-refractivity contribution is -0.166. The van der Waals surface area contributed by atoms with Crippen molar-refractivity contribution < 1.29 is 28.6 Å². The molecule has 69 heavy (non-hydrogen) atoms. The molecule has 0 spiro atoms. The Morgan fingerprint density at radius 2 is 0.594 bits per heavy atom. The number of allylic oxidation sites excluding steroid dienone is 22. The van der Waals surface area contributed by atoms with Gasteiger partial charge in [0.05, 0.1) is 0 Å².